The third-order valence-electron chi connectivity index (χ3n) is 4.03. The minimum Gasteiger partial charge on any atom is -0.356 e. The summed E-state index contributed by atoms with van der Waals surface area (Å²) < 4.78 is 0. The molecule has 0 aliphatic rings. The molecule has 0 aliphatic carbocycles. The molecule has 2 heterocycles. The minimum atomic E-state index is -0.236. The summed E-state index contributed by atoms with van der Waals surface area (Å²) in [6.45, 7) is 4.78. The number of carbonyl (C=O) groups is 1. The van der Waals surface area contributed by atoms with Crippen molar-refractivity contribution in [3.8, 4) is 0 Å². The summed E-state index contributed by atoms with van der Waals surface area (Å²) in [6, 6.07) is 7.37. The van der Waals surface area contributed by atoms with Gasteiger partial charge < -0.3 is 10.3 Å². The number of aromatic nitrogens is 3. The highest BCUT2D eigenvalue weighted by atomic mass is 32.1. The summed E-state index contributed by atoms with van der Waals surface area (Å²) in [4.78, 5) is 35.8. The second kappa shape index (κ2) is 8.23. The number of H-pyrrole nitrogens is 1. The molecule has 2 aromatic heterocycles. The zero-order chi connectivity index (χ0) is 18.5. The molecule has 0 fully saturated rings. The van der Waals surface area contributed by atoms with E-state index in [1.165, 1.54) is 0 Å². The number of hydrogen-bond acceptors (Lipinski definition) is 5. The predicted octanol–water partition coefficient (Wildman–Crippen LogP) is 2.79. The van der Waals surface area contributed by atoms with Crippen LogP contribution in [0.1, 0.15) is 42.6 Å². The van der Waals surface area contributed by atoms with Gasteiger partial charge in [0, 0.05) is 37.1 Å². The average molecular weight is 370 g/mol. The molecule has 0 saturated carbocycles. The number of para-hydroxylation sites is 2. The standard InChI is InChI=1S/C19H22N4O2S/c1-12(2)19-21-13(11-26-19)9-10-20-17(24)8-7-16-18(25)23-15-6-4-3-5-14(15)22-16/h3-6,11-12H,7-10H2,1-2H3,(H,20,24)(H,23,25). The second-order valence-electron chi connectivity index (χ2n) is 6.46. The van der Waals surface area contributed by atoms with Gasteiger partial charge in [0.25, 0.3) is 5.56 Å². The van der Waals surface area contributed by atoms with E-state index in [4.69, 9.17) is 0 Å². The molecule has 1 amide bonds. The summed E-state index contributed by atoms with van der Waals surface area (Å²) in [5.41, 5.74) is 2.59. The minimum absolute atomic E-state index is 0.0846. The molecule has 0 bridgehead atoms. The normalized spacial score (nSPS) is 11.2. The highest BCUT2D eigenvalue weighted by molar-refractivity contribution is 7.09. The summed E-state index contributed by atoms with van der Waals surface area (Å²) in [6.07, 6.45) is 1.27. The SMILES string of the molecule is CC(C)c1nc(CCNC(=O)CCc2nc3ccccc3[nH]c2=O)cs1. The fraction of sp³-hybridized carbons (Fsp3) is 0.368. The first-order chi connectivity index (χ1) is 12.5. The average Bonchev–Trinajstić information content (AvgIpc) is 3.09. The maximum absolute atomic E-state index is 12.0. The fourth-order valence-electron chi connectivity index (χ4n) is 2.59. The molecule has 0 spiro atoms. The number of benzene rings is 1. The van der Waals surface area contributed by atoms with Crippen LogP contribution in [0, 0.1) is 0 Å². The fourth-order valence-corrected chi connectivity index (χ4v) is 3.46. The molecule has 3 aromatic rings. The van der Waals surface area contributed by atoms with Gasteiger partial charge in [0.2, 0.25) is 5.91 Å². The number of aryl methyl sites for hydroxylation is 1. The van der Waals surface area contributed by atoms with Gasteiger partial charge >= 0.3 is 0 Å². The highest BCUT2D eigenvalue weighted by Gasteiger charge is 2.09. The van der Waals surface area contributed by atoms with E-state index < -0.39 is 0 Å². The molecule has 0 radical (unpaired) electrons. The molecule has 0 atom stereocenters. The van der Waals surface area contributed by atoms with Gasteiger partial charge in [-0.15, -0.1) is 11.3 Å². The van der Waals surface area contributed by atoms with E-state index in [-0.39, 0.29) is 17.9 Å². The Bertz CT molecular complexity index is 961. The van der Waals surface area contributed by atoms with Crippen LogP contribution in [0.4, 0.5) is 0 Å². The molecule has 1 aromatic carbocycles. The van der Waals surface area contributed by atoms with Crippen LogP contribution in [-0.2, 0) is 17.6 Å². The third-order valence-corrected chi connectivity index (χ3v) is 5.22. The number of aromatic amines is 1. The molecule has 26 heavy (non-hydrogen) atoms. The van der Waals surface area contributed by atoms with Gasteiger partial charge in [-0.1, -0.05) is 26.0 Å². The first kappa shape index (κ1) is 18.3. The summed E-state index contributed by atoms with van der Waals surface area (Å²) in [7, 11) is 0. The Labute approximate surface area is 155 Å². The van der Waals surface area contributed by atoms with Gasteiger partial charge in [-0.05, 0) is 12.1 Å². The largest absolute Gasteiger partial charge is 0.356 e. The highest BCUT2D eigenvalue weighted by Crippen LogP contribution is 2.19. The summed E-state index contributed by atoms with van der Waals surface area (Å²) in [5.74, 6) is 0.342. The van der Waals surface area contributed by atoms with Crippen molar-refractivity contribution in [2.45, 2.75) is 39.0 Å². The number of amides is 1. The lowest BCUT2D eigenvalue weighted by molar-refractivity contribution is -0.121. The van der Waals surface area contributed by atoms with Crippen molar-refractivity contribution in [1.82, 2.24) is 20.3 Å². The number of nitrogens with one attached hydrogen (secondary N) is 2. The van der Waals surface area contributed by atoms with Gasteiger partial charge in [0.15, 0.2) is 0 Å². The van der Waals surface area contributed by atoms with Crippen molar-refractivity contribution in [1.29, 1.82) is 0 Å². The molecule has 0 unspecified atom stereocenters. The maximum Gasteiger partial charge on any atom is 0.270 e. The first-order valence-corrected chi connectivity index (χ1v) is 9.60. The Morgan fingerprint density at radius 3 is 2.81 bits per heavy atom. The van der Waals surface area contributed by atoms with E-state index in [0.29, 0.717) is 36.5 Å². The number of rotatable bonds is 7. The lowest BCUT2D eigenvalue weighted by atomic mass is 10.2. The molecule has 7 heteroatoms. The van der Waals surface area contributed by atoms with E-state index in [9.17, 15) is 9.59 Å². The molecule has 136 valence electrons. The van der Waals surface area contributed by atoms with Crippen LogP contribution in [0.15, 0.2) is 34.4 Å². The number of hydrogen-bond donors (Lipinski definition) is 2. The predicted molar refractivity (Wildman–Crippen MR) is 104 cm³/mol. The van der Waals surface area contributed by atoms with Gasteiger partial charge in [0.1, 0.15) is 5.69 Å². The monoisotopic (exact) mass is 370 g/mol. The Hall–Kier alpha value is -2.54. The van der Waals surface area contributed by atoms with E-state index >= 15 is 0 Å². The topological polar surface area (TPSA) is 87.7 Å². The maximum atomic E-state index is 12.0. The van der Waals surface area contributed by atoms with Crippen LogP contribution >= 0.6 is 11.3 Å². The molecular formula is C19H22N4O2S. The molecule has 3 rings (SSSR count). The Morgan fingerprint density at radius 2 is 2.04 bits per heavy atom. The van der Waals surface area contributed by atoms with E-state index in [0.717, 1.165) is 16.2 Å². The Kier molecular flexibility index (Phi) is 5.78. The van der Waals surface area contributed by atoms with Crippen LogP contribution in [-0.4, -0.2) is 27.4 Å². The zero-order valence-corrected chi connectivity index (χ0v) is 15.7. The van der Waals surface area contributed by atoms with Crippen LogP contribution < -0.4 is 10.9 Å². The van der Waals surface area contributed by atoms with E-state index in [1.807, 2.05) is 29.6 Å². The Balaban J connectivity index is 1.49. The Morgan fingerprint density at radius 1 is 1.23 bits per heavy atom. The van der Waals surface area contributed by atoms with Crippen molar-refractivity contribution in [3.63, 3.8) is 0 Å². The number of nitrogens with zero attached hydrogens (tertiary/aromatic N) is 2. The number of fused-ring (bicyclic) bond motifs is 1. The lowest BCUT2D eigenvalue weighted by Crippen LogP contribution is -2.27. The smallest absolute Gasteiger partial charge is 0.270 e. The zero-order valence-electron chi connectivity index (χ0n) is 14.9. The lowest BCUT2D eigenvalue weighted by Gasteiger charge is -2.05. The molecule has 6 nitrogen and oxygen atoms in total. The van der Waals surface area contributed by atoms with E-state index in [1.54, 1.807) is 11.3 Å². The van der Waals surface area contributed by atoms with Crippen LogP contribution in [0.5, 0.6) is 0 Å². The van der Waals surface area contributed by atoms with Gasteiger partial charge in [-0.25, -0.2) is 9.97 Å². The summed E-state index contributed by atoms with van der Waals surface area (Å²) >= 11 is 1.66. The van der Waals surface area contributed by atoms with Crippen molar-refractivity contribution < 1.29 is 4.79 Å². The number of carbonyl (C=O) groups excluding carboxylic acids is 1. The van der Waals surface area contributed by atoms with Crippen LogP contribution in [0.2, 0.25) is 0 Å². The first-order valence-electron chi connectivity index (χ1n) is 8.72. The van der Waals surface area contributed by atoms with E-state index in [2.05, 4.69) is 34.1 Å². The molecular weight excluding hydrogens is 348 g/mol. The van der Waals surface area contributed by atoms with Crippen molar-refractivity contribution in [2.75, 3.05) is 6.54 Å². The molecule has 0 saturated heterocycles. The number of thiazole rings is 1. The van der Waals surface area contributed by atoms with Crippen LogP contribution in [0.3, 0.4) is 0 Å². The van der Waals surface area contributed by atoms with Crippen LogP contribution in [0.25, 0.3) is 11.0 Å². The van der Waals surface area contributed by atoms with Gasteiger partial charge in [0.05, 0.1) is 21.7 Å². The van der Waals surface area contributed by atoms with Crippen molar-refractivity contribution in [3.05, 3.63) is 56.4 Å². The van der Waals surface area contributed by atoms with Gasteiger partial charge in [-0.2, -0.15) is 0 Å². The van der Waals surface area contributed by atoms with Gasteiger partial charge in [-0.3, -0.25) is 9.59 Å². The third kappa shape index (κ3) is 4.54. The quantitative estimate of drug-likeness (QED) is 0.669. The molecule has 2 N–H and O–H groups in total. The summed E-state index contributed by atoms with van der Waals surface area (Å²) in [5, 5.41) is 6.04. The van der Waals surface area contributed by atoms with Crippen molar-refractivity contribution in [2.24, 2.45) is 0 Å². The molecule has 0 aliphatic heterocycles. The van der Waals surface area contributed by atoms with Crippen molar-refractivity contribution >= 4 is 28.3 Å². The second-order valence-corrected chi connectivity index (χ2v) is 7.35.